The average Bonchev–Trinajstić information content (AvgIpc) is 2.96. The van der Waals surface area contributed by atoms with Crippen LogP contribution in [0.1, 0.15) is 72.8 Å². The molecule has 0 fully saturated rings. The Bertz CT molecular complexity index is 1490. The third-order valence-electron chi connectivity index (χ3n) is 8.50. The summed E-state index contributed by atoms with van der Waals surface area (Å²) in [6.07, 6.45) is 6.28. The average molecular weight is 720 g/mol. The van der Waals surface area contributed by atoms with Gasteiger partial charge >= 0.3 is 0 Å². The monoisotopic (exact) mass is 720 g/mol. The van der Waals surface area contributed by atoms with E-state index in [2.05, 4.69) is 41.2 Å². The third-order valence-corrected chi connectivity index (χ3v) is 8.50. The molecule has 0 aliphatic rings. The maximum atomic E-state index is 13.5. The van der Waals surface area contributed by atoms with Crippen molar-refractivity contribution in [3.05, 3.63) is 84.1 Å². The van der Waals surface area contributed by atoms with Crippen LogP contribution in [0, 0.1) is 29.6 Å². The Balaban J connectivity index is 0.000000285. The predicted molar refractivity (Wildman–Crippen MR) is 159 cm³/mol. The maximum absolute atomic E-state index is 13.5. The molecule has 0 aliphatic carbocycles. The molecule has 0 spiro atoms. The number of aliphatic hydroxyl groups is 1. The molecule has 1 heterocycles. The molecule has 215 valence electrons. The van der Waals surface area contributed by atoms with Gasteiger partial charge in [-0.15, -0.1) is 29.8 Å². The molecule has 0 atom stereocenters. The van der Waals surface area contributed by atoms with Crippen molar-refractivity contribution in [2.24, 2.45) is 10.8 Å². The van der Waals surface area contributed by atoms with Crippen LogP contribution in [0.3, 0.4) is 0 Å². The van der Waals surface area contributed by atoms with Gasteiger partial charge in [0.1, 0.15) is 12.1 Å². The Morgan fingerprint density at radius 1 is 0.925 bits per heavy atom. The van der Waals surface area contributed by atoms with E-state index in [0.717, 1.165) is 42.0 Å². The van der Waals surface area contributed by atoms with Crippen molar-refractivity contribution in [2.45, 2.75) is 74.1 Å². The van der Waals surface area contributed by atoms with Gasteiger partial charge in [-0.1, -0.05) is 71.9 Å². The fourth-order valence-electron chi connectivity index (χ4n) is 4.52. The van der Waals surface area contributed by atoms with Crippen LogP contribution in [0.5, 0.6) is 0 Å². The van der Waals surface area contributed by atoms with E-state index in [4.69, 9.17) is 0 Å². The van der Waals surface area contributed by atoms with Gasteiger partial charge in [-0.25, -0.2) is 9.37 Å². The number of aliphatic hydroxyl groups excluding tert-OH is 1. The summed E-state index contributed by atoms with van der Waals surface area (Å²) in [5.41, 5.74) is 2.82. The number of rotatable bonds is 8. The van der Waals surface area contributed by atoms with Gasteiger partial charge < -0.3 is 5.11 Å². The van der Waals surface area contributed by atoms with Crippen molar-refractivity contribution < 1.29 is 34.4 Å². The van der Waals surface area contributed by atoms with Crippen LogP contribution in [-0.2, 0) is 24.9 Å². The van der Waals surface area contributed by atoms with Crippen molar-refractivity contribution in [1.82, 2.24) is 9.97 Å². The van der Waals surface area contributed by atoms with Gasteiger partial charge in [0.15, 0.2) is 5.78 Å². The molecule has 1 aromatic heterocycles. The molecule has 0 saturated heterocycles. The molecule has 1 radical (unpaired) electrons. The van der Waals surface area contributed by atoms with E-state index in [1.807, 2.05) is 53.7 Å². The van der Waals surface area contributed by atoms with Crippen molar-refractivity contribution in [3.63, 3.8) is 0 Å². The van der Waals surface area contributed by atoms with Crippen molar-refractivity contribution in [3.8, 4) is 11.3 Å². The maximum Gasteiger partial charge on any atom is 0.164 e. The van der Waals surface area contributed by atoms with Gasteiger partial charge in [-0.3, -0.25) is 9.78 Å². The summed E-state index contributed by atoms with van der Waals surface area (Å²) >= 11 is 0. The zero-order valence-electron chi connectivity index (χ0n) is 24.6. The smallest absolute Gasteiger partial charge is 0.164 e. The van der Waals surface area contributed by atoms with E-state index in [0.29, 0.717) is 11.3 Å². The number of allylic oxidation sites excluding steroid dienone is 2. The van der Waals surface area contributed by atoms with Crippen LogP contribution in [0.25, 0.3) is 32.9 Å². The van der Waals surface area contributed by atoms with E-state index in [-0.39, 0.29) is 48.3 Å². The number of fused-ring (bicyclic) bond motifs is 3. The molecule has 3 aromatic carbocycles. The molecule has 0 amide bonds. The van der Waals surface area contributed by atoms with Gasteiger partial charge in [-0.2, -0.15) is 0 Å². The number of benzene rings is 3. The molecule has 0 bridgehead atoms. The first-order chi connectivity index (χ1) is 18.5. The molecule has 4 nitrogen and oxygen atoms in total. The normalized spacial score (nSPS) is 12.1. The van der Waals surface area contributed by atoms with E-state index >= 15 is 0 Å². The fraction of sp³-hybridized carbons (Fsp3) is 0.382. The van der Waals surface area contributed by atoms with Gasteiger partial charge in [0.05, 0.1) is 5.52 Å². The first-order valence-electron chi connectivity index (χ1n) is 13.8. The number of aromatic nitrogens is 2. The molecule has 1 N–H and O–H groups in total. The summed E-state index contributed by atoms with van der Waals surface area (Å²) < 4.78 is 13.5. The summed E-state index contributed by atoms with van der Waals surface area (Å²) in [5, 5.41) is 13.3. The van der Waals surface area contributed by atoms with Crippen LogP contribution < -0.4 is 0 Å². The Morgan fingerprint density at radius 2 is 1.55 bits per heavy atom. The van der Waals surface area contributed by atoms with Crippen LogP contribution in [0.4, 0.5) is 4.39 Å². The first-order valence-corrected chi connectivity index (χ1v) is 13.8. The Morgan fingerprint density at radius 3 is 2.15 bits per heavy atom. The van der Waals surface area contributed by atoms with E-state index in [1.54, 1.807) is 6.07 Å². The molecule has 6 heteroatoms. The van der Waals surface area contributed by atoms with Gasteiger partial charge in [-0.05, 0) is 54.6 Å². The van der Waals surface area contributed by atoms with Gasteiger partial charge in [0.25, 0.3) is 0 Å². The third kappa shape index (κ3) is 7.03. The minimum atomic E-state index is -0.337. The Hall–Kier alpha value is -2.95. The summed E-state index contributed by atoms with van der Waals surface area (Å²) in [6.45, 7) is 14.2. The second-order valence-corrected chi connectivity index (χ2v) is 10.7. The molecule has 4 rings (SSSR count). The van der Waals surface area contributed by atoms with Crippen LogP contribution in [0.15, 0.2) is 66.7 Å². The van der Waals surface area contributed by atoms with Crippen LogP contribution in [0.2, 0.25) is 0 Å². The standard InChI is InChI=1S/C19H12FN2.C15H28O2.Ir/c1-12-4-2-7-16-15(12)8-9-17-18(21-11-22-19(16)17)13-5-3-6-14(20)10-13;1-7-14(5,8-2)12(16)11-13(17)15(6,9-3)10-4;/h2-4,6-11H,1H3;11,16H,7-10H2,1-6H3;/q-1;;/b;12-11-;. The number of hydrogen-bond acceptors (Lipinski definition) is 4. The second-order valence-electron chi connectivity index (χ2n) is 10.7. The van der Waals surface area contributed by atoms with Crippen molar-refractivity contribution in [1.29, 1.82) is 0 Å². The molecule has 40 heavy (non-hydrogen) atoms. The Labute approximate surface area is 251 Å². The summed E-state index contributed by atoms with van der Waals surface area (Å²) in [5.74, 6) is -0.00843. The predicted octanol–water partition coefficient (Wildman–Crippen LogP) is 9.35. The molecule has 4 aromatic rings. The summed E-state index contributed by atoms with van der Waals surface area (Å²) in [6, 6.07) is 17.7. The second kappa shape index (κ2) is 14.1. The van der Waals surface area contributed by atoms with E-state index in [1.165, 1.54) is 35.5 Å². The number of ketones is 1. The largest absolute Gasteiger partial charge is 0.512 e. The van der Waals surface area contributed by atoms with Crippen molar-refractivity contribution >= 4 is 27.5 Å². The molecule has 0 aliphatic heterocycles. The first kappa shape index (κ1) is 33.3. The number of nitrogens with zero attached hydrogens (tertiary/aromatic N) is 2. The van der Waals surface area contributed by atoms with Crippen molar-refractivity contribution in [2.75, 3.05) is 0 Å². The molecule has 0 unspecified atom stereocenters. The molecular weight excluding hydrogens is 680 g/mol. The van der Waals surface area contributed by atoms with Gasteiger partial charge in [0.2, 0.25) is 0 Å². The van der Waals surface area contributed by atoms with Crippen LogP contribution >= 0.6 is 0 Å². The molecule has 0 saturated carbocycles. The minimum absolute atomic E-state index is 0. The minimum Gasteiger partial charge on any atom is -0.512 e. The molecular formula is C34H40FIrN2O2-. The van der Waals surface area contributed by atoms with E-state index in [9.17, 15) is 14.3 Å². The number of carbonyl (C=O) groups excluding carboxylic acids is 1. The SMILES string of the molecule is CCC(C)(CC)C(=O)/C=C(\O)C(C)(CC)CC.Cc1cccc2c1ccc1c(-c3[c-]ccc(F)c3)ncnc12.[Ir]. The fourth-order valence-corrected chi connectivity index (χ4v) is 4.52. The van der Waals surface area contributed by atoms with E-state index < -0.39 is 0 Å². The topological polar surface area (TPSA) is 63.1 Å². The zero-order valence-corrected chi connectivity index (χ0v) is 27.0. The summed E-state index contributed by atoms with van der Waals surface area (Å²) in [7, 11) is 0. The number of aryl methyl sites for hydroxylation is 1. The van der Waals surface area contributed by atoms with Gasteiger partial charge in [0, 0.05) is 48.2 Å². The number of carbonyl (C=O) groups is 1. The Kier molecular flexibility index (Phi) is 11.7. The summed E-state index contributed by atoms with van der Waals surface area (Å²) in [4.78, 5) is 21.0. The zero-order chi connectivity index (χ0) is 28.8. The van der Waals surface area contributed by atoms with Crippen LogP contribution in [-0.4, -0.2) is 20.9 Å². The quantitative estimate of drug-likeness (QED) is 0.0854. The number of hydrogen-bond donors (Lipinski definition) is 1. The number of halogens is 1.